The molecule has 0 spiro atoms. The van der Waals surface area contributed by atoms with Gasteiger partial charge in [-0.3, -0.25) is 9.78 Å². The highest BCUT2D eigenvalue weighted by Gasteiger charge is 2.37. The third-order valence-electron chi connectivity index (χ3n) is 7.75. The average molecular weight is 649 g/mol. The molecule has 1 saturated heterocycles. The smallest absolute Gasteiger partial charge is 0.418 e. The normalized spacial score (nSPS) is 15.6. The summed E-state index contributed by atoms with van der Waals surface area (Å²) in [6.07, 6.45) is -2.37. The van der Waals surface area contributed by atoms with E-state index in [1.807, 2.05) is 18.7 Å². The molecule has 1 unspecified atom stereocenters. The summed E-state index contributed by atoms with van der Waals surface area (Å²) in [6, 6.07) is 8.99. The lowest BCUT2D eigenvalue weighted by Gasteiger charge is -2.41. The van der Waals surface area contributed by atoms with E-state index in [1.54, 1.807) is 39.1 Å². The minimum absolute atomic E-state index is 0.00432. The Morgan fingerprint density at radius 1 is 1.13 bits per heavy atom. The van der Waals surface area contributed by atoms with E-state index in [0.29, 0.717) is 21.8 Å². The van der Waals surface area contributed by atoms with Gasteiger partial charge in [-0.05, 0) is 57.4 Å². The zero-order chi connectivity index (χ0) is 34.3. The van der Waals surface area contributed by atoms with Gasteiger partial charge in [0.2, 0.25) is 0 Å². The van der Waals surface area contributed by atoms with E-state index in [-0.39, 0.29) is 54.3 Å². The Kier molecular flexibility index (Phi) is 8.94. The third kappa shape index (κ3) is 6.74. The van der Waals surface area contributed by atoms with Gasteiger partial charge >= 0.3 is 12.3 Å². The first kappa shape index (κ1) is 33.3. The molecule has 3 aromatic heterocycles. The fourth-order valence-electron chi connectivity index (χ4n) is 5.69. The predicted molar refractivity (Wildman–Crippen MR) is 169 cm³/mol. The van der Waals surface area contributed by atoms with E-state index in [1.165, 1.54) is 36.2 Å². The molecule has 0 saturated carbocycles. The number of nitriles is 1. The second kappa shape index (κ2) is 12.6. The minimum atomic E-state index is -4.75. The molecule has 4 heterocycles. The van der Waals surface area contributed by atoms with E-state index in [4.69, 9.17) is 9.72 Å². The summed E-state index contributed by atoms with van der Waals surface area (Å²) in [5.74, 6) is 0.417. The highest BCUT2D eigenvalue weighted by atomic mass is 19.4. The van der Waals surface area contributed by atoms with Crippen molar-refractivity contribution in [2.45, 2.75) is 71.7 Å². The molecule has 1 aromatic carbocycles. The van der Waals surface area contributed by atoms with Gasteiger partial charge in [-0.25, -0.2) is 14.8 Å². The SMILES string of the molecule is Cc1cccc(-n2ncc3c(N4CCN(C(=O)OC(C)(C)C)C(CC#N)C4)nc(-c4cccnc4C(C)C)nc3c2=O)c1C(F)(F)F. The van der Waals surface area contributed by atoms with Crippen LogP contribution in [-0.4, -0.2) is 67.0 Å². The molecule has 4 aromatic rings. The molecule has 1 fully saturated rings. The van der Waals surface area contributed by atoms with Crippen LogP contribution >= 0.6 is 0 Å². The highest BCUT2D eigenvalue weighted by Crippen LogP contribution is 2.36. The maximum Gasteiger partial charge on any atom is 0.418 e. The van der Waals surface area contributed by atoms with Gasteiger partial charge < -0.3 is 14.5 Å². The molecule has 1 amide bonds. The van der Waals surface area contributed by atoms with E-state index in [9.17, 15) is 28.0 Å². The quantitative estimate of drug-likeness (QED) is 0.255. The Hall–Kier alpha value is -5.06. The highest BCUT2D eigenvalue weighted by molar-refractivity contribution is 5.90. The van der Waals surface area contributed by atoms with Crippen molar-refractivity contribution < 1.29 is 22.7 Å². The Labute approximate surface area is 269 Å². The van der Waals surface area contributed by atoms with Crippen LogP contribution in [0.4, 0.5) is 23.8 Å². The largest absolute Gasteiger partial charge is 0.444 e. The predicted octanol–water partition coefficient (Wildman–Crippen LogP) is 6.03. The van der Waals surface area contributed by atoms with Gasteiger partial charge in [0.15, 0.2) is 5.82 Å². The number of hydrogen-bond donors (Lipinski definition) is 0. The van der Waals surface area contributed by atoms with Gasteiger partial charge in [0.1, 0.15) is 16.9 Å². The molecule has 14 heteroatoms. The number of ether oxygens (including phenoxy) is 1. The van der Waals surface area contributed by atoms with Gasteiger partial charge in [0.25, 0.3) is 5.56 Å². The lowest BCUT2D eigenvalue weighted by atomic mass is 10.0. The first-order valence-corrected chi connectivity index (χ1v) is 15.1. The number of benzene rings is 1. The molecule has 246 valence electrons. The van der Waals surface area contributed by atoms with Crippen molar-refractivity contribution >= 4 is 22.8 Å². The molecule has 0 N–H and O–H groups in total. The number of piperazine rings is 1. The second-order valence-electron chi connectivity index (χ2n) is 12.7. The Balaban J connectivity index is 1.71. The first-order chi connectivity index (χ1) is 22.1. The van der Waals surface area contributed by atoms with Gasteiger partial charge in [-0.2, -0.15) is 28.2 Å². The fourth-order valence-corrected chi connectivity index (χ4v) is 5.69. The number of hydrogen-bond acceptors (Lipinski definition) is 9. The van der Waals surface area contributed by atoms with Crippen molar-refractivity contribution in [2.75, 3.05) is 24.5 Å². The van der Waals surface area contributed by atoms with Crippen LogP contribution in [-0.2, 0) is 10.9 Å². The van der Waals surface area contributed by atoms with Gasteiger partial charge in [-0.1, -0.05) is 26.0 Å². The summed E-state index contributed by atoms with van der Waals surface area (Å²) >= 11 is 0. The lowest BCUT2D eigenvalue weighted by Crippen LogP contribution is -2.56. The number of amides is 1. The number of fused-ring (bicyclic) bond motifs is 1. The summed E-state index contributed by atoms with van der Waals surface area (Å²) in [7, 11) is 0. The van der Waals surface area contributed by atoms with Gasteiger partial charge in [0, 0.05) is 31.4 Å². The van der Waals surface area contributed by atoms with E-state index in [2.05, 4.69) is 21.1 Å². The lowest BCUT2D eigenvalue weighted by molar-refractivity contribution is -0.138. The van der Waals surface area contributed by atoms with E-state index >= 15 is 0 Å². The van der Waals surface area contributed by atoms with Crippen molar-refractivity contribution in [1.82, 2.24) is 29.6 Å². The van der Waals surface area contributed by atoms with Crippen LogP contribution in [0.2, 0.25) is 0 Å². The summed E-state index contributed by atoms with van der Waals surface area (Å²) in [4.78, 5) is 44.5. The average Bonchev–Trinajstić information content (AvgIpc) is 2.99. The maximum atomic E-state index is 14.2. The molecule has 11 nitrogen and oxygen atoms in total. The molecule has 1 aliphatic heterocycles. The number of pyridine rings is 1. The van der Waals surface area contributed by atoms with Crippen LogP contribution in [0.1, 0.15) is 63.8 Å². The van der Waals surface area contributed by atoms with Crippen molar-refractivity contribution in [3.8, 4) is 23.1 Å². The molecule has 47 heavy (non-hydrogen) atoms. The molecule has 5 rings (SSSR count). The zero-order valence-corrected chi connectivity index (χ0v) is 27.0. The number of nitrogens with zero attached hydrogens (tertiary/aromatic N) is 8. The van der Waals surface area contributed by atoms with Crippen molar-refractivity contribution in [2.24, 2.45) is 0 Å². The monoisotopic (exact) mass is 648 g/mol. The summed E-state index contributed by atoms with van der Waals surface area (Å²) in [5, 5.41) is 14.0. The van der Waals surface area contributed by atoms with Crippen LogP contribution in [0.15, 0.2) is 47.5 Å². The number of rotatable bonds is 5. The topological polar surface area (TPSA) is 130 Å². The van der Waals surface area contributed by atoms with Crippen LogP contribution in [0.5, 0.6) is 0 Å². The molecule has 1 aliphatic rings. The molecule has 0 radical (unpaired) electrons. The third-order valence-corrected chi connectivity index (χ3v) is 7.75. The fraction of sp³-hybridized carbons (Fsp3) is 0.424. The summed E-state index contributed by atoms with van der Waals surface area (Å²) in [5.41, 5.74) is -1.97. The standard InChI is InChI=1S/C33H35F3N8O3/c1-19(2)26-22(10-8-14-38-26)28-40-27-23(17-39-44(30(27)45)24-11-7-9-20(3)25(24)33(34,35)36)29(41-28)42-15-16-43(21(18-42)12-13-37)31(46)47-32(4,5)6/h7-11,14,17,19,21H,12,15-16,18H2,1-6H3. The van der Waals surface area contributed by atoms with Gasteiger partial charge in [-0.15, -0.1) is 0 Å². The zero-order valence-electron chi connectivity index (χ0n) is 27.0. The molecular weight excluding hydrogens is 613 g/mol. The number of aromatic nitrogens is 5. The Bertz CT molecular complexity index is 1930. The first-order valence-electron chi connectivity index (χ1n) is 15.1. The molecule has 0 bridgehead atoms. The number of carbonyl (C=O) groups excluding carboxylic acids is 1. The Morgan fingerprint density at radius 2 is 1.87 bits per heavy atom. The van der Waals surface area contributed by atoms with Crippen LogP contribution in [0.3, 0.4) is 0 Å². The van der Waals surface area contributed by atoms with E-state index in [0.717, 1.165) is 0 Å². The molecule has 0 aliphatic carbocycles. The van der Waals surface area contributed by atoms with Crippen LogP contribution < -0.4 is 10.5 Å². The van der Waals surface area contributed by atoms with Gasteiger partial charge in [0.05, 0.1) is 47.1 Å². The number of carbonyl (C=O) groups is 1. The minimum Gasteiger partial charge on any atom is -0.444 e. The summed E-state index contributed by atoms with van der Waals surface area (Å²) < 4.78 is 48.9. The van der Waals surface area contributed by atoms with Crippen molar-refractivity contribution in [3.63, 3.8) is 0 Å². The molecule has 1 atom stereocenters. The Morgan fingerprint density at radius 3 is 2.53 bits per heavy atom. The summed E-state index contributed by atoms with van der Waals surface area (Å²) in [6.45, 7) is 11.1. The number of alkyl halides is 3. The molecular formula is C33H35F3N8O3. The number of anilines is 1. The van der Waals surface area contributed by atoms with E-state index < -0.39 is 40.7 Å². The number of halogens is 3. The maximum absolute atomic E-state index is 14.2. The van der Waals surface area contributed by atoms with Crippen LogP contribution in [0.25, 0.3) is 28.0 Å². The van der Waals surface area contributed by atoms with Crippen molar-refractivity contribution in [1.29, 1.82) is 5.26 Å². The number of aryl methyl sites for hydroxylation is 1. The second-order valence-corrected chi connectivity index (χ2v) is 12.7. The van der Waals surface area contributed by atoms with Crippen LogP contribution in [0, 0.1) is 18.3 Å². The van der Waals surface area contributed by atoms with Crippen molar-refractivity contribution in [3.05, 3.63) is 69.9 Å².